The van der Waals surface area contributed by atoms with Crippen LogP contribution in [0.1, 0.15) is 45.1 Å². The Hall–Kier alpha value is -1.18. The number of aromatic hydroxyl groups is 1. The van der Waals surface area contributed by atoms with Gasteiger partial charge in [-0.05, 0) is 68.2 Å². The van der Waals surface area contributed by atoms with Crippen LogP contribution in [0.5, 0.6) is 5.75 Å². The maximum Gasteiger partial charge on any atom is 0.118 e. The Bertz CT molecular complexity index is 392. The zero-order valence-corrected chi connectivity index (χ0v) is 11.7. The van der Waals surface area contributed by atoms with Crippen molar-refractivity contribution < 1.29 is 5.11 Å². The van der Waals surface area contributed by atoms with Crippen LogP contribution in [-0.4, -0.2) is 11.1 Å². The minimum absolute atomic E-state index is 0.379. The lowest BCUT2D eigenvalue weighted by molar-refractivity contribution is 0.267. The first-order chi connectivity index (χ1) is 8.56. The summed E-state index contributed by atoms with van der Waals surface area (Å²) >= 11 is 0. The fourth-order valence-corrected chi connectivity index (χ4v) is 2.91. The lowest BCUT2D eigenvalue weighted by atomic mass is 9.79. The van der Waals surface area contributed by atoms with Gasteiger partial charge in [0.25, 0.3) is 0 Å². The number of nitrogens with one attached hydrogen (secondary N) is 1. The van der Waals surface area contributed by atoms with Gasteiger partial charge in [0.05, 0.1) is 0 Å². The van der Waals surface area contributed by atoms with Crippen molar-refractivity contribution in [1.82, 2.24) is 0 Å². The summed E-state index contributed by atoms with van der Waals surface area (Å²) < 4.78 is 0. The molecule has 2 rings (SSSR count). The number of hydrogen-bond acceptors (Lipinski definition) is 2. The second-order valence-electron chi connectivity index (χ2n) is 6.00. The van der Waals surface area contributed by atoms with E-state index in [9.17, 15) is 5.11 Å². The third-order valence-electron chi connectivity index (χ3n) is 4.28. The molecule has 1 aliphatic carbocycles. The van der Waals surface area contributed by atoms with E-state index in [0.29, 0.717) is 11.8 Å². The molecule has 1 saturated carbocycles. The standard InChI is InChI=1S/C16H25NO/c1-11(2)13-4-6-14(7-5-13)17-15-8-9-16(18)12(3)10-15/h8-11,13-14,17-18H,4-7H2,1-3H3. The Balaban J connectivity index is 1.89. The van der Waals surface area contributed by atoms with E-state index in [0.717, 1.165) is 23.1 Å². The monoisotopic (exact) mass is 247 g/mol. The molecule has 0 radical (unpaired) electrons. The van der Waals surface area contributed by atoms with Gasteiger partial charge in [-0.2, -0.15) is 0 Å². The molecule has 0 spiro atoms. The van der Waals surface area contributed by atoms with Crippen LogP contribution in [0.4, 0.5) is 5.69 Å². The van der Waals surface area contributed by atoms with Crippen molar-refractivity contribution in [3.05, 3.63) is 23.8 Å². The molecule has 100 valence electrons. The van der Waals surface area contributed by atoms with Crippen LogP contribution < -0.4 is 5.32 Å². The van der Waals surface area contributed by atoms with E-state index in [2.05, 4.69) is 19.2 Å². The van der Waals surface area contributed by atoms with Crippen LogP contribution >= 0.6 is 0 Å². The molecule has 1 fully saturated rings. The first kappa shape index (κ1) is 13.3. The minimum Gasteiger partial charge on any atom is -0.508 e. The molecular formula is C16H25NO. The van der Waals surface area contributed by atoms with Gasteiger partial charge in [-0.3, -0.25) is 0 Å². The van der Waals surface area contributed by atoms with E-state index >= 15 is 0 Å². The smallest absolute Gasteiger partial charge is 0.118 e. The fraction of sp³-hybridized carbons (Fsp3) is 0.625. The average Bonchev–Trinajstić information content (AvgIpc) is 2.34. The predicted octanol–water partition coefficient (Wildman–Crippen LogP) is 4.33. The molecule has 2 N–H and O–H groups in total. The zero-order chi connectivity index (χ0) is 13.1. The number of hydrogen-bond donors (Lipinski definition) is 2. The van der Waals surface area contributed by atoms with Crippen molar-refractivity contribution in [1.29, 1.82) is 0 Å². The molecule has 1 aliphatic rings. The zero-order valence-electron chi connectivity index (χ0n) is 11.7. The first-order valence-corrected chi connectivity index (χ1v) is 7.12. The molecule has 18 heavy (non-hydrogen) atoms. The van der Waals surface area contributed by atoms with Gasteiger partial charge < -0.3 is 10.4 Å². The van der Waals surface area contributed by atoms with E-state index in [1.807, 2.05) is 19.1 Å². The molecule has 0 aliphatic heterocycles. The van der Waals surface area contributed by atoms with E-state index < -0.39 is 0 Å². The van der Waals surface area contributed by atoms with E-state index in [4.69, 9.17) is 0 Å². The SMILES string of the molecule is Cc1cc(NC2CCC(C(C)C)CC2)ccc1O. The third-order valence-corrected chi connectivity index (χ3v) is 4.28. The molecule has 0 bridgehead atoms. The summed E-state index contributed by atoms with van der Waals surface area (Å²) in [5.74, 6) is 2.11. The Morgan fingerprint density at radius 1 is 1.17 bits per heavy atom. The molecule has 0 saturated heterocycles. The van der Waals surface area contributed by atoms with Crippen LogP contribution in [0.15, 0.2) is 18.2 Å². The van der Waals surface area contributed by atoms with Crippen molar-refractivity contribution >= 4 is 5.69 Å². The van der Waals surface area contributed by atoms with Gasteiger partial charge in [-0.25, -0.2) is 0 Å². The highest BCUT2D eigenvalue weighted by molar-refractivity contribution is 5.50. The van der Waals surface area contributed by atoms with Gasteiger partial charge in [-0.15, -0.1) is 0 Å². The number of phenols is 1. The maximum absolute atomic E-state index is 9.52. The van der Waals surface area contributed by atoms with Gasteiger partial charge in [0, 0.05) is 11.7 Å². The molecule has 1 aromatic carbocycles. The van der Waals surface area contributed by atoms with Crippen molar-refractivity contribution in [3.8, 4) is 5.75 Å². The lowest BCUT2D eigenvalue weighted by Crippen LogP contribution is -2.27. The second-order valence-corrected chi connectivity index (χ2v) is 6.00. The summed E-state index contributed by atoms with van der Waals surface area (Å²) in [5.41, 5.74) is 2.08. The van der Waals surface area contributed by atoms with E-state index in [1.54, 1.807) is 6.07 Å². The largest absolute Gasteiger partial charge is 0.508 e. The predicted molar refractivity (Wildman–Crippen MR) is 77.1 cm³/mol. The van der Waals surface area contributed by atoms with Gasteiger partial charge in [-0.1, -0.05) is 13.8 Å². The van der Waals surface area contributed by atoms with E-state index in [1.165, 1.54) is 25.7 Å². The summed E-state index contributed by atoms with van der Waals surface area (Å²) in [6.45, 7) is 6.61. The van der Waals surface area contributed by atoms with Crippen LogP contribution in [0.2, 0.25) is 0 Å². The topological polar surface area (TPSA) is 32.3 Å². The Morgan fingerprint density at radius 3 is 2.39 bits per heavy atom. The van der Waals surface area contributed by atoms with Crippen molar-refractivity contribution in [2.24, 2.45) is 11.8 Å². The Kier molecular flexibility index (Phi) is 4.15. The molecule has 0 amide bonds. The van der Waals surface area contributed by atoms with Gasteiger partial charge in [0.2, 0.25) is 0 Å². The summed E-state index contributed by atoms with van der Waals surface area (Å²) in [6.07, 6.45) is 5.21. The highest BCUT2D eigenvalue weighted by Gasteiger charge is 2.22. The first-order valence-electron chi connectivity index (χ1n) is 7.12. The number of phenolic OH excluding ortho intramolecular Hbond substituents is 1. The molecule has 0 aromatic heterocycles. The molecule has 0 unspecified atom stereocenters. The second kappa shape index (κ2) is 5.64. The Labute approximate surface area is 110 Å². The van der Waals surface area contributed by atoms with Crippen molar-refractivity contribution in [2.75, 3.05) is 5.32 Å². The molecule has 2 heteroatoms. The number of rotatable bonds is 3. The molecule has 1 aromatic rings. The van der Waals surface area contributed by atoms with Gasteiger partial charge in [0.1, 0.15) is 5.75 Å². The highest BCUT2D eigenvalue weighted by atomic mass is 16.3. The maximum atomic E-state index is 9.52. The van der Waals surface area contributed by atoms with Crippen LogP contribution in [0.3, 0.4) is 0 Å². The van der Waals surface area contributed by atoms with Crippen LogP contribution in [-0.2, 0) is 0 Å². The van der Waals surface area contributed by atoms with Crippen LogP contribution in [0.25, 0.3) is 0 Å². The summed E-state index contributed by atoms with van der Waals surface area (Å²) in [6, 6.07) is 6.38. The van der Waals surface area contributed by atoms with E-state index in [-0.39, 0.29) is 0 Å². The number of anilines is 1. The van der Waals surface area contributed by atoms with Gasteiger partial charge in [0.15, 0.2) is 0 Å². The fourth-order valence-electron chi connectivity index (χ4n) is 2.91. The summed E-state index contributed by atoms with van der Waals surface area (Å²) in [4.78, 5) is 0. The molecular weight excluding hydrogens is 222 g/mol. The Morgan fingerprint density at radius 2 is 1.83 bits per heavy atom. The number of aryl methyl sites for hydroxylation is 1. The normalized spacial score (nSPS) is 24.2. The number of benzene rings is 1. The average molecular weight is 247 g/mol. The molecule has 0 heterocycles. The van der Waals surface area contributed by atoms with Gasteiger partial charge >= 0.3 is 0 Å². The quantitative estimate of drug-likeness (QED) is 0.779. The molecule has 2 nitrogen and oxygen atoms in total. The minimum atomic E-state index is 0.379. The van der Waals surface area contributed by atoms with Crippen molar-refractivity contribution in [2.45, 2.75) is 52.5 Å². The van der Waals surface area contributed by atoms with Crippen molar-refractivity contribution in [3.63, 3.8) is 0 Å². The lowest BCUT2D eigenvalue weighted by Gasteiger charge is -2.32. The third kappa shape index (κ3) is 3.18. The van der Waals surface area contributed by atoms with Crippen LogP contribution in [0, 0.1) is 18.8 Å². The highest BCUT2D eigenvalue weighted by Crippen LogP contribution is 2.31. The molecule has 0 atom stereocenters. The summed E-state index contributed by atoms with van der Waals surface area (Å²) in [7, 11) is 0. The summed E-state index contributed by atoms with van der Waals surface area (Å²) in [5, 5.41) is 13.1.